The standard InChI is InChI=1S/C22H23N3O6S2/c1-33(30,31)18-5-2-4-16(12-18)15-8-10-17(11-9-15)25(32(28)29)21-7-3-6-20-19(21)13-23-24(20)14-22(26)27/h2,4-5,8-13,21H,3,6-7,14H2,1H3,(H,26,27)(H,28,29). The summed E-state index contributed by atoms with van der Waals surface area (Å²) < 4.78 is 49.0. The molecular weight excluding hydrogens is 466 g/mol. The third-order valence-corrected chi connectivity index (χ3v) is 7.60. The van der Waals surface area contributed by atoms with Gasteiger partial charge in [0.05, 0.1) is 22.8 Å². The maximum absolute atomic E-state index is 12.4. The van der Waals surface area contributed by atoms with Gasteiger partial charge in [0.25, 0.3) is 11.3 Å². The summed E-state index contributed by atoms with van der Waals surface area (Å²) in [6.07, 6.45) is 4.73. The molecule has 1 aromatic heterocycles. The number of carboxylic acid groups (broad SMARTS) is 1. The van der Waals surface area contributed by atoms with Gasteiger partial charge in [0.2, 0.25) is 0 Å². The molecule has 11 heteroatoms. The molecule has 4 rings (SSSR count). The van der Waals surface area contributed by atoms with Crippen LogP contribution >= 0.6 is 0 Å². The van der Waals surface area contributed by atoms with Crippen LogP contribution in [0.4, 0.5) is 5.69 Å². The molecule has 1 aliphatic carbocycles. The number of nitrogens with zero attached hydrogens (tertiary/aromatic N) is 3. The molecule has 2 unspecified atom stereocenters. The first-order valence-corrected chi connectivity index (χ1v) is 13.2. The van der Waals surface area contributed by atoms with E-state index in [1.807, 2.05) is 0 Å². The van der Waals surface area contributed by atoms with Crippen molar-refractivity contribution in [3.8, 4) is 11.1 Å². The van der Waals surface area contributed by atoms with E-state index in [-0.39, 0.29) is 11.4 Å². The summed E-state index contributed by atoms with van der Waals surface area (Å²) >= 11 is -2.33. The van der Waals surface area contributed by atoms with Crippen LogP contribution in [-0.2, 0) is 38.9 Å². The molecule has 0 radical (unpaired) electrons. The van der Waals surface area contributed by atoms with Gasteiger partial charge in [0.1, 0.15) is 6.54 Å². The van der Waals surface area contributed by atoms with Crippen molar-refractivity contribution < 1.29 is 27.1 Å². The lowest BCUT2D eigenvalue weighted by Gasteiger charge is -2.33. The lowest BCUT2D eigenvalue weighted by Crippen LogP contribution is -2.33. The van der Waals surface area contributed by atoms with E-state index < -0.39 is 33.1 Å². The molecule has 2 N–H and O–H groups in total. The zero-order valence-corrected chi connectivity index (χ0v) is 19.4. The van der Waals surface area contributed by atoms with Gasteiger partial charge in [-0.15, -0.1) is 0 Å². The maximum atomic E-state index is 12.4. The minimum Gasteiger partial charge on any atom is -0.480 e. The molecule has 0 saturated heterocycles. The second-order valence-electron chi connectivity index (χ2n) is 7.91. The van der Waals surface area contributed by atoms with E-state index in [4.69, 9.17) is 5.11 Å². The summed E-state index contributed by atoms with van der Waals surface area (Å²) in [7, 11) is -3.34. The van der Waals surface area contributed by atoms with E-state index in [1.165, 1.54) is 15.1 Å². The molecule has 2 atom stereocenters. The topological polar surface area (TPSA) is 130 Å². The molecule has 2 aromatic carbocycles. The van der Waals surface area contributed by atoms with Crippen LogP contribution in [0.15, 0.2) is 59.6 Å². The van der Waals surface area contributed by atoms with Gasteiger partial charge in [-0.2, -0.15) is 5.10 Å². The normalized spacial score (nSPS) is 16.7. The number of aromatic nitrogens is 2. The van der Waals surface area contributed by atoms with Crippen LogP contribution in [0.5, 0.6) is 0 Å². The van der Waals surface area contributed by atoms with Crippen molar-refractivity contribution in [2.24, 2.45) is 0 Å². The first-order valence-electron chi connectivity index (χ1n) is 10.2. The molecule has 0 spiro atoms. The van der Waals surface area contributed by atoms with E-state index in [0.29, 0.717) is 18.5 Å². The highest BCUT2D eigenvalue weighted by molar-refractivity contribution is 7.90. The number of anilines is 1. The van der Waals surface area contributed by atoms with Gasteiger partial charge in [0.15, 0.2) is 9.84 Å². The Hall–Kier alpha value is -3.02. The van der Waals surface area contributed by atoms with Crippen molar-refractivity contribution in [2.75, 3.05) is 10.6 Å². The number of rotatable bonds is 7. The van der Waals surface area contributed by atoms with Gasteiger partial charge in [-0.25, -0.2) is 12.6 Å². The lowest BCUT2D eigenvalue weighted by atomic mass is 9.92. The van der Waals surface area contributed by atoms with Crippen molar-refractivity contribution in [3.05, 3.63) is 66.0 Å². The Morgan fingerprint density at radius 1 is 1.21 bits per heavy atom. The Morgan fingerprint density at radius 2 is 1.94 bits per heavy atom. The largest absolute Gasteiger partial charge is 0.480 e. The summed E-state index contributed by atoms with van der Waals surface area (Å²) in [6.45, 7) is -0.258. The van der Waals surface area contributed by atoms with Crippen LogP contribution < -0.4 is 4.31 Å². The fourth-order valence-electron chi connectivity index (χ4n) is 4.19. The summed E-state index contributed by atoms with van der Waals surface area (Å²) in [5.41, 5.74) is 3.51. The van der Waals surface area contributed by atoms with Gasteiger partial charge in [-0.3, -0.25) is 18.3 Å². The van der Waals surface area contributed by atoms with E-state index in [9.17, 15) is 22.0 Å². The SMILES string of the molecule is CS(=O)(=O)c1cccc(-c2ccc(N(C3CCCc4c3cnn4CC(=O)O)S(=O)O)cc2)c1. The van der Waals surface area contributed by atoms with Crippen LogP contribution in [0.1, 0.15) is 30.1 Å². The third kappa shape index (κ3) is 4.85. The van der Waals surface area contributed by atoms with Gasteiger partial charge < -0.3 is 5.11 Å². The van der Waals surface area contributed by atoms with Crippen LogP contribution in [-0.4, -0.2) is 44.3 Å². The molecule has 1 heterocycles. The Labute approximate surface area is 194 Å². The van der Waals surface area contributed by atoms with Crippen LogP contribution in [0.25, 0.3) is 11.1 Å². The molecule has 33 heavy (non-hydrogen) atoms. The maximum Gasteiger partial charge on any atom is 0.325 e. The number of carbonyl (C=O) groups is 1. The number of hydrogen-bond donors (Lipinski definition) is 2. The first-order chi connectivity index (χ1) is 15.6. The van der Waals surface area contributed by atoms with Crippen molar-refractivity contribution >= 4 is 32.8 Å². The van der Waals surface area contributed by atoms with Gasteiger partial charge >= 0.3 is 5.97 Å². The second kappa shape index (κ2) is 9.08. The van der Waals surface area contributed by atoms with Crippen LogP contribution in [0.2, 0.25) is 0 Å². The average molecular weight is 490 g/mol. The fourth-order valence-corrected chi connectivity index (χ4v) is 5.59. The molecule has 0 fully saturated rings. The second-order valence-corrected chi connectivity index (χ2v) is 10.8. The molecule has 1 aliphatic rings. The minimum absolute atomic E-state index is 0.218. The first kappa shape index (κ1) is 23.1. The van der Waals surface area contributed by atoms with Crippen molar-refractivity contribution in [1.29, 1.82) is 0 Å². The number of benzene rings is 2. The van der Waals surface area contributed by atoms with E-state index in [0.717, 1.165) is 35.1 Å². The number of hydrogen-bond acceptors (Lipinski definition) is 5. The van der Waals surface area contributed by atoms with Gasteiger partial charge in [-0.05, 0) is 54.7 Å². The van der Waals surface area contributed by atoms with Crippen LogP contribution in [0, 0.1) is 0 Å². The molecule has 0 aliphatic heterocycles. The average Bonchev–Trinajstić information content (AvgIpc) is 3.17. The van der Waals surface area contributed by atoms with Crippen LogP contribution in [0.3, 0.4) is 0 Å². The van der Waals surface area contributed by atoms with Gasteiger partial charge in [-0.1, -0.05) is 24.3 Å². The Kier molecular flexibility index (Phi) is 6.37. The fraction of sp³-hybridized carbons (Fsp3) is 0.273. The zero-order chi connectivity index (χ0) is 23.8. The summed E-state index contributed by atoms with van der Waals surface area (Å²) in [4.78, 5) is 11.3. The summed E-state index contributed by atoms with van der Waals surface area (Å²) in [6, 6.07) is 13.2. The monoisotopic (exact) mass is 489 g/mol. The van der Waals surface area contributed by atoms with Crippen molar-refractivity contribution in [3.63, 3.8) is 0 Å². The Morgan fingerprint density at radius 3 is 2.58 bits per heavy atom. The highest BCUT2D eigenvalue weighted by Crippen LogP contribution is 2.38. The smallest absolute Gasteiger partial charge is 0.325 e. The lowest BCUT2D eigenvalue weighted by molar-refractivity contribution is -0.137. The van der Waals surface area contributed by atoms with Gasteiger partial charge in [0, 0.05) is 17.5 Å². The number of fused-ring (bicyclic) bond motifs is 1. The third-order valence-electron chi connectivity index (χ3n) is 5.68. The Balaban J connectivity index is 1.67. The molecule has 0 saturated carbocycles. The zero-order valence-electron chi connectivity index (χ0n) is 17.8. The summed E-state index contributed by atoms with van der Waals surface area (Å²) in [5, 5.41) is 13.3. The molecule has 0 bridgehead atoms. The molecular formula is C22H23N3O6S2. The predicted octanol–water partition coefficient (Wildman–Crippen LogP) is 3.06. The summed E-state index contributed by atoms with van der Waals surface area (Å²) in [5.74, 6) is -0.999. The minimum atomic E-state index is -3.34. The number of carboxylic acids is 1. The van der Waals surface area contributed by atoms with E-state index in [1.54, 1.807) is 48.7 Å². The van der Waals surface area contributed by atoms with Crippen molar-refractivity contribution in [2.45, 2.75) is 36.7 Å². The highest BCUT2D eigenvalue weighted by atomic mass is 32.2. The van der Waals surface area contributed by atoms with E-state index in [2.05, 4.69) is 5.10 Å². The molecule has 0 amide bonds. The molecule has 174 valence electrons. The Bertz CT molecular complexity index is 1320. The number of aliphatic carboxylic acids is 1. The van der Waals surface area contributed by atoms with Crippen molar-refractivity contribution in [1.82, 2.24) is 9.78 Å². The van der Waals surface area contributed by atoms with E-state index >= 15 is 0 Å². The number of sulfone groups is 1. The highest BCUT2D eigenvalue weighted by Gasteiger charge is 2.32. The predicted molar refractivity (Wildman–Crippen MR) is 124 cm³/mol. The molecule has 3 aromatic rings. The quantitative estimate of drug-likeness (QED) is 0.488. The molecule has 9 nitrogen and oxygen atoms in total.